The van der Waals surface area contributed by atoms with Gasteiger partial charge in [0.1, 0.15) is 25.4 Å². The second kappa shape index (κ2) is 109. The van der Waals surface area contributed by atoms with E-state index in [1.807, 2.05) is 0 Å². The Labute approximate surface area is 840 Å². The molecule has 0 aromatic carbocycles. The van der Waals surface area contributed by atoms with Crippen LogP contribution in [0.4, 0.5) is 0 Å². The molecule has 0 rings (SSSR count). The molecule has 0 aromatic heterocycles. The van der Waals surface area contributed by atoms with Crippen LogP contribution in [0.25, 0.3) is 0 Å². The highest BCUT2D eigenvalue weighted by molar-refractivity contribution is 7.47. The molecule has 0 saturated heterocycles. The van der Waals surface area contributed by atoms with Crippen molar-refractivity contribution < 1.29 is 75.8 Å². The first-order valence-electron chi connectivity index (χ1n) is 56.1. The summed E-state index contributed by atoms with van der Waals surface area (Å²) in [6.07, 6.45) is 147. The van der Waals surface area contributed by atoms with E-state index >= 15 is 0 Å². The zero-order chi connectivity index (χ0) is 99.2. The number of phosphoric acid groups is 2. The Morgan fingerprint density at radius 3 is 0.613 bits per heavy atom. The Morgan fingerprint density at radius 1 is 0.212 bits per heavy atom. The van der Waals surface area contributed by atoms with Crippen LogP contribution in [-0.2, 0) is 55.8 Å². The maximum atomic E-state index is 13.2. The van der Waals surface area contributed by atoms with Crippen molar-refractivity contribution in [3.05, 3.63) is 182 Å². The summed E-state index contributed by atoms with van der Waals surface area (Å²) in [5, 5.41) is 20.8. The highest BCUT2D eigenvalue weighted by Gasteiger charge is 2.30. The minimum atomic E-state index is -4.95. The molecule has 0 heterocycles. The molecule has 0 bridgehead atoms. The normalized spacial score (nSPS) is 14.2. The highest BCUT2D eigenvalue weighted by Crippen LogP contribution is 2.45. The summed E-state index contributed by atoms with van der Waals surface area (Å²) < 4.78 is 61.9. The molecule has 0 spiro atoms. The average Bonchev–Trinajstić information content (AvgIpc) is 0.896. The number of aliphatic hydroxyl groups is 2. The second-order valence-electron chi connectivity index (χ2n) is 37.4. The van der Waals surface area contributed by atoms with Gasteiger partial charge >= 0.3 is 33.6 Å². The summed E-state index contributed by atoms with van der Waals surface area (Å²) in [5.74, 6) is -1.55. The van der Waals surface area contributed by atoms with Gasteiger partial charge in [-0.15, -0.1) is 0 Å². The van der Waals surface area contributed by atoms with Crippen LogP contribution in [0.3, 0.4) is 0 Å². The van der Waals surface area contributed by atoms with Gasteiger partial charge in [0.2, 0.25) is 0 Å². The van der Waals surface area contributed by atoms with Gasteiger partial charge in [0.25, 0.3) is 0 Å². The second-order valence-corrected chi connectivity index (χ2v) is 40.3. The smallest absolute Gasteiger partial charge is 0.463 e. The van der Waals surface area contributed by atoms with Crippen LogP contribution in [0, 0.1) is 0 Å². The number of phosphoric ester groups is 2. The first-order chi connectivity index (χ1) is 67.2. The van der Waals surface area contributed by atoms with Gasteiger partial charge in [-0.3, -0.25) is 32.5 Å². The van der Waals surface area contributed by atoms with Crippen molar-refractivity contribution in [2.45, 2.75) is 514 Å². The number of hydrogen-bond acceptors (Lipinski definition) is 14. The van der Waals surface area contributed by atoms with E-state index in [0.29, 0.717) is 19.3 Å². The molecule has 0 saturated carbocycles. The van der Waals surface area contributed by atoms with E-state index in [0.717, 1.165) is 154 Å². The predicted molar refractivity (Wildman–Crippen MR) is 583 cm³/mol. The number of aliphatic hydroxyl groups excluding tert-OH is 2. The third-order valence-corrected chi connectivity index (χ3v) is 26.0. The largest absolute Gasteiger partial charge is 0.472 e. The summed E-state index contributed by atoms with van der Waals surface area (Å²) in [4.78, 5) is 59.4. The van der Waals surface area contributed by atoms with Crippen molar-refractivity contribution in [3.63, 3.8) is 0 Å². The third-order valence-electron chi connectivity index (χ3n) is 24.1. The molecule has 0 aliphatic carbocycles. The summed E-state index contributed by atoms with van der Waals surface area (Å²) in [5.41, 5.74) is 0. The van der Waals surface area contributed by atoms with E-state index in [-0.39, 0.29) is 19.3 Å². The zero-order valence-corrected chi connectivity index (χ0v) is 89.5. The van der Waals surface area contributed by atoms with E-state index < -0.39 is 91.5 Å². The lowest BCUT2D eigenvalue weighted by Crippen LogP contribution is -2.30. The Balaban J connectivity index is 4.60. The summed E-state index contributed by atoms with van der Waals surface area (Å²) >= 11 is 0. The molecule has 4 N–H and O–H groups in total. The SMILES string of the molecule is CC/C=C\C/C=C\C/C=C\C/C=C\C/C=C\C/C=C\CCCCCCCCCCCCCCCCCCC(=O)OCC(O)COP(=O)(O)OCC(O)COP(=O)(O)OCC(COC(=O)CCCCCCCCCCCCCCCCCCC/C=C\C/C=C\C/C=C\C/C=C\C/C=C\CC)OC(=O)CCCCCCCCCCCCCCCCCCC/C=C\C/C=C\C/C=C\C/C=C\CCCCC. The molecule has 18 heteroatoms. The standard InChI is InChI=1S/C119H206O16P2/c1-4-7-10-13-16-19-22-25-28-31-34-37-40-43-46-49-52-55-56-59-61-63-66-69-72-75-78-81-84-87-90-93-96-99-102-105-117(122)129-108-114(120)109-131-136(125,126)132-110-115(121)111-133-137(127,128)134-113-116(135-119(124)107-104-101-98-95-92-89-86-83-80-77-74-71-68-65-62-58-54-51-48-45-42-39-36-33-30-27-24-21-18-15-12-9-6-3)112-130-118(123)106-103-100-97-94-91-88-85-82-79-76-73-70-67-64-60-57-53-50-47-44-41-38-35-32-29-26-23-20-17-14-11-8-5-2/h7-8,10-11,16-21,25-30,34-39,43-48,52,55,114-116,120-121H,4-6,9,12-15,22-24,31-33,40-42,49-51,53-54,56-113H2,1-3H3,(H,125,126)(H,127,128)/b10-7-,11-8-,19-16-,20-17-,21-18-,28-25-,29-26-,30-27-,37-34-,38-35-,39-36-,46-43-,47-44-,48-45-,55-52-. The summed E-state index contributed by atoms with van der Waals surface area (Å²) in [6, 6.07) is 0. The minimum absolute atomic E-state index is 0.105. The maximum absolute atomic E-state index is 13.2. The van der Waals surface area contributed by atoms with E-state index in [9.17, 15) is 43.5 Å². The van der Waals surface area contributed by atoms with E-state index in [1.54, 1.807) is 0 Å². The van der Waals surface area contributed by atoms with Crippen molar-refractivity contribution in [3.8, 4) is 0 Å². The molecular weight excluding hydrogens is 1750 g/mol. The van der Waals surface area contributed by atoms with Crippen molar-refractivity contribution in [1.29, 1.82) is 0 Å². The molecule has 0 aliphatic heterocycles. The number of esters is 3. The first-order valence-corrected chi connectivity index (χ1v) is 59.1. The van der Waals surface area contributed by atoms with Crippen LogP contribution in [0.15, 0.2) is 182 Å². The van der Waals surface area contributed by atoms with Gasteiger partial charge in [-0.2, -0.15) is 0 Å². The topological polar surface area (TPSA) is 231 Å². The number of ether oxygens (including phenoxy) is 3. The van der Waals surface area contributed by atoms with Gasteiger partial charge < -0.3 is 34.2 Å². The lowest BCUT2D eigenvalue weighted by Gasteiger charge is -2.21. The van der Waals surface area contributed by atoms with Gasteiger partial charge in [0.05, 0.1) is 26.4 Å². The Kier molecular flexibility index (Phi) is 105. The summed E-state index contributed by atoms with van der Waals surface area (Å²) in [7, 11) is -9.82. The fourth-order valence-electron chi connectivity index (χ4n) is 15.7. The van der Waals surface area contributed by atoms with E-state index in [1.165, 1.54) is 283 Å². The Hall–Kier alpha value is -5.35. The maximum Gasteiger partial charge on any atom is 0.472 e. The Morgan fingerprint density at radius 2 is 0.387 bits per heavy atom. The first kappa shape index (κ1) is 132. The van der Waals surface area contributed by atoms with Crippen molar-refractivity contribution in [2.75, 3.05) is 39.6 Å². The van der Waals surface area contributed by atoms with Crippen molar-refractivity contribution in [1.82, 2.24) is 0 Å². The van der Waals surface area contributed by atoms with Gasteiger partial charge in [-0.05, 0) is 161 Å². The molecule has 0 radical (unpaired) electrons. The van der Waals surface area contributed by atoms with Gasteiger partial charge in [0.15, 0.2) is 6.10 Å². The van der Waals surface area contributed by atoms with Crippen molar-refractivity contribution >= 4 is 33.6 Å². The van der Waals surface area contributed by atoms with Gasteiger partial charge in [-0.25, -0.2) is 9.13 Å². The number of hydrogen-bond donors (Lipinski definition) is 4. The number of carbonyl (C=O) groups is 3. The van der Waals surface area contributed by atoms with Gasteiger partial charge in [0, 0.05) is 19.3 Å². The van der Waals surface area contributed by atoms with Crippen LogP contribution in [0.2, 0.25) is 0 Å². The van der Waals surface area contributed by atoms with Crippen LogP contribution in [0.5, 0.6) is 0 Å². The fraction of sp³-hybridized carbons (Fsp3) is 0.723. The summed E-state index contributed by atoms with van der Waals surface area (Å²) in [6.45, 7) is 2.53. The molecule has 137 heavy (non-hydrogen) atoms. The van der Waals surface area contributed by atoms with Crippen LogP contribution >= 0.6 is 15.6 Å². The zero-order valence-electron chi connectivity index (χ0n) is 87.7. The lowest BCUT2D eigenvalue weighted by molar-refractivity contribution is -0.161. The lowest BCUT2D eigenvalue weighted by atomic mass is 10.0. The molecule has 0 amide bonds. The molecule has 0 aliphatic rings. The molecule has 16 nitrogen and oxygen atoms in total. The van der Waals surface area contributed by atoms with E-state index in [4.69, 9.17) is 32.3 Å². The fourth-order valence-corrected chi connectivity index (χ4v) is 17.3. The molecule has 5 unspecified atom stereocenters. The van der Waals surface area contributed by atoms with E-state index in [2.05, 4.69) is 203 Å². The number of rotatable bonds is 106. The molecule has 788 valence electrons. The molecule has 0 fully saturated rings. The Bertz CT molecular complexity index is 3220. The molecular formula is C119H206O16P2. The molecule has 0 aromatic rings. The quantitative estimate of drug-likeness (QED) is 0.0146. The van der Waals surface area contributed by atoms with Crippen LogP contribution in [-0.4, -0.2) is 95.9 Å². The average molecular weight is 1950 g/mol. The highest BCUT2D eigenvalue weighted by atomic mass is 31.2. The minimum Gasteiger partial charge on any atom is -0.463 e. The van der Waals surface area contributed by atoms with Crippen LogP contribution < -0.4 is 0 Å². The number of unbranched alkanes of at least 4 members (excludes halogenated alkanes) is 53. The van der Waals surface area contributed by atoms with Crippen molar-refractivity contribution in [2.24, 2.45) is 0 Å². The predicted octanol–water partition coefficient (Wildman–Crippen LogP) is 36.2. The molecule has 5 atom stereocenters. The van der Waals surface area contributed by atoms with Crippen LogP contribution in [0.1, 0.15) is 496 Å². The number of carbonyl (C=O) groups excluding carboxylic acids is 3. The number of allylic oxidation sites excluding steroid dienone is 30. The van der Waals surface area contributed by atoms with Gasteiger partial charge in [-0.1, -0.05) is 498 Å². The third kappa shape index (κ3) is 111. The monoisotopic (exact) mass is 1950 g/mol.